The number of nitriles is 1. The maximum absolute atomic E-state index is 13.7. The number of rotatable bonds is 4. The maximum Gasteiger partial charge on any atom is 0.434 e. The summed E-state index contributed by atoms with van der Waals surface area (Å²) < 4.78 is 47.0. The number of ether oxygens (including phenoxy) is 1. The summed E-state index contributed by atoms with van der Waals surface area (Å²) in [7, 11) is 0. The first-order chi connectivity index (χ1) is 16.9. The topological polar surface area (TPSA) is 91.5 Å². The number of benzene rings is 2. The molecule has 0 aliphatic carbocycles. The molecule has 0 N–H and O–H groups in total. The van der Waals surface area contributed by atoms with E-state index in [1.807, 2.05) is 6.07 Å². The van der Waals surface area contributed by atoms with Crippen molar-refractivity contribution in [2.75, 3.05) is 11.6 Å². The molecule has 0 unspecified atom stereocenters. The molecule has 11 heteroatoms. The minimum Gasteiger partial charge on any atom is -0.442 e. The fourth-order valence-corrected chi connectivity index (χ4v) is 3.32. The van der Waals surface area contributed by atoms with E-state index < -0.39 is 29.3 Å². The van der Waals surface area contributed by atoms with E-state index in [1.165, 1.54) is 23.0 Å². The molecule has 2 amide bonds. The van der Waals surface area contributed by atoms with Crippen molar-refractivity contribution in [3.63, 3.8) is 0 Å². The van der Waals surface area contributed by atoms with Crippen LogP contribution in [0, 0.1) is 11.3 Å². The zero-order chi connectivity index (χ0) is 26.7. The second-order valence-electron chi connectivity index (χ2n) is 8.65. The Kier molecular flexibility index (Phi) is 7.38. The SMILES string of the molecule is CCN(C(=O)c1ccnn1-c1ccc(C#N)cc1)N(C(=O)OC(C)(C)C)c1cccc(C(F)(F)F)c1. The molecular weight excluding hydrogens is 475 g/mol. The predicted molar refractivity (Wildman–Crippen MR) is 125 cm³/mol. The summed E-state index contributed by atoms with van der Waals surface area (Å²) >= 11 is 0. The Hall–Kier alpha value is -4.33. The number of anilines is 1. The first kappa shape index (κ1) is 26.3. The molecule has 0 aliphatic rings. The van der Waals surface area contributed by atoms with Gasteiger partial charge in [-0.05, 0) is 76.2 Å². The zero-order valence-electron chi connectivity index (χ0n) is 20.1. The molecule has 36 heavy (non-hydrogen) atoms. The van der Waals surface area contributed by atoms with Crippen molar-refractivity contribution in [1.82, 2.24) is 14.8 Å². The third-order valence-corrected chi connectivity index (χ3v) is 4.86. The van der Waals surface area contributed by atoms with Crippen LogP contribution in [0.15, 0.2) is 60.8 Å². The van der Waals surface area contributed by atoms with E-state index >= 15 is 0 Å². The second kappa shape index (κ2) is 10.1. The van der Waals surface area contributed by atoms with Crippen LogP contribution in [-0.4, -0.2) is 38.9 Å². The Labute approximate surface area is 206 Å². The molecule has 2 aromatic carbocycles. The van der Waals surface area contributed by atoms with Gasteiger partial charge in [0.25, 0.3) is 5.91 Å². The van der Waals surface area contributed by atoms with Gasteiger partial charge in [0.05, 0.1) is 34.8 Å². The summed E-state index contributed by atoms with van der Waals surface area (Å²) in [5.74, 6) is -0.706. The van der Waals surface area contributed by atoms with Crippen molar-refractivity contribution in [2.24, 2.45) is 0 Å². The minimum atomic E-state index is -4.66. The average molecular weight is 499 g/mol. The summed E-state index contributed by atoms with van der Waals surface area (Å²) in [6, 6.07) is 13.8. The standard InChI is InChI=1S/C25H24F3N5O3/c1-5-31(22(34)21-13-14-30-32(21)19-11-9-17(16-29)10-12-19)33(23(35)36-24(2,3)4)20-8-6-7-18(15-20)25(26,27)28/h6-15H,5H2,1-4H3. The number of amides is 2. The normalized spacial score (nSPS) is 11.5. The van der Waals surface area contributed by atoms with Crippen molar-refractivity contribution in [3.05, 3.63) is 77.6 Å². The maximum atomic E-state index is 13.7. The molecular formula is C25H24F3N5O3. The van der Waals surface area contributed by atoms with E-state index in [2.05, 4.69) is 5.10 Å². The van der Waals surface area contributed by atoms with Crippen LogP contribution in [-0.2, 0) is 10.9 Å². The van der Waals surface area contributed by atoms with Gasteiger partial charge in [-0.2, -0.15) is 28.5 Å². The summed E-state index contributed by atoms with van der Waals surface area (Å²) in [5.41, 5.74) is -1.24. The van der Waals surface area contributed by atoms with E-state index in [-0.39, 0.29) is 17.9 Å². The van der Waals surface area contributed by atoms with Crippen LogP contribution in [0.25, 0.3) is 5.69 Å². The van der Waals surface area contributed by atoms with Crippen LogP contribution < -0.4 is 5.01 Å². The van der Waals surface area contributed by atoms with E-state index in [0.717, 1.165) is 28.2 Å². The lowest BCUT2D eigenvalue weighted by molar-refractivity contribution is -0.137. The molecule has 0 saturated heterocycles. The summed E-state index contributed by atoms with van der Waals surface area (Å²) in [4.78, 5) is 26.9. The number of nitrogens with zero attached hydrogens (tertiary/aromatic N) is 5. The monoisotopic (exact) mass is 499 g/mol. The van der Waals surface area contributed by atoms with Crippen LogP contribution >= 0.6 is 0 Å². The molecule has 1 aromatic heterocycles. The average Bonchev–Trinajstić information content (AvgIpc) is 3.30. The second-order valence-corrected chi connectivity index (χ2v) is 8.65. The van der Waals surface area contributed by atoms with Crippen molar-refractivity contribution in [1.29, 1.82) is 5.26 Å². The van der Waals surface area contributed by atoms with Gasteiger partial charge in [-0.15, -0.1) is 0 Å². The van der Waals surface area contributed by atoms with Crippen molar-refractivity contribution in [2.45, 2.75) is 39.5 Å². The number of hydrazine groups is 1. The van der Waals surface area contributed by atoms with E-state index in [9.17, 15) is 22.8 Å². The first-order valence-electron chi connectivity index (χ1n) is 10.9. The number of alkyl halides is 3. The predicted octanol–water partition coefficient (Wildman–Crippen LogP) is 5.58. The van der Waals surface area contributed by atoms with Gasteiger partial charge >= 0.3 is 12.3 Å². The number of carbonyl (C=O) groups excluding carboxylic acids is 2. The summed E-state index contributed by atoms with van der Waals surface area (Å²) in [6.07, 6.45) is -4.31. The number of carbonyl (C=O) groups is 2. The van der Waals surface area contributed by atoms with Crippen molar-refractivity contribution >= 4 is 17.7 Å². The summed E-state index contributed by atoms with van der Waals surface area (Å²) in [5, 5.41) is 15.0. The largest absolute Gasteiger partial charge is 0.442 e. The lowest BCUT2D eigenvalue weighted by Crippen LogP contribution is -2.52. The quantitative estimate of drug-likeness (QED) is 0.437. The van der Waals surface area contributed by atoms with Gasteiger partial charge in [0.15, 0.2) is 0 Å². The molecule has 0 atom stereocenters. The molecule has 0 spiro atoms. The number of hydrogen-bond donors (Lipinski definition) is 0. The highest BCUT2D eigenvalue weighted by Gasteiger charge is 2.35. The van der Waals surface area contributed by atoms with Gasteiger partial charge in [0.2, 0.25) is 0 Å². The highest BCUT2D eigenvalue weighted by Crippen LogP contribution is 2.33. The molecule has 3 rings (SSSR count). The lowest BCUT2D eigenvalue weighted by atomic mass is 10.2. The Bertz CT molecular complexity index is 1290. The Morgan fingerprint density at radius 1 is 1.08 bits per heavy atom. The third-order valence-electron chi connectivity index (χ3n) is 4.86. The molecule has 0 saturated carbocycles. The van der Waals surface area contributed by atoms with Crippen molar-refractivity contribution in [3.8, 4) is 11.8 Å². The fraction of sp³-hybridized carbons (Fsp3) is 0.280. The Balaban J connectivity index is 2.09. The van der Waals surface area contributed by atoms with Crippen LogP contribution in [0.1, 0.15) is 49.3 Å². The van der Waals surface area contributed by atoms with E-state index in [1.54, 1.807) is 52.0 Å². The molecule has 1 heterocycles. The number of halogens is 3. The van der Waals surface area contributed by atoms with E-state index in [4.69, 9.17) is 10.00 Å². The first-order valence-corrected chi connectivity index (χ1v) is 10.9. The molecule has 0 fully saturated rings. The van der Waals surface area contributed by atoms with Crippen LogP contribution in [0.4, 0.5) is 23.7 Å². The molecule has 0 bridgehead atoms. The van der Waals surface area contributed by atoms with Crippen LogP contribution in [0.3, 0.4) is 0 Å². The van der Waals surface area contributed by atoms with E-state index in [0.29, 0.717) is 11.3 Å². The molecule has 3 aromatic rings. The van der Waals surface area contributed by atoms with Gasteiger partial charge < -0.3 is 4.74 Å². The zero-order valence-corrected chi connectivity index (χ0v) is 20.1. The van der Waals surface area contributed by atoms with Gasteiger partial charge in [-0.25, -0.2) is 14.5 Å². The molecule has 188 valence electrons. The van der Waals surface area contributed by atoms with Crippen LogP contribution in [0.2, 0.25) is 0 Å². The van der Waals surface area contributed by atoms with Gasteiger partial charge in [-0.3, -0.25) is 4.79 Å². The molecule has 8 nitrogen and oxygen atoms in total. The lowest BCUT2D eigenvalue weighted by Gasteiger charge is -2.35. The van der Waals surface area contributed by atoms with Gasteiger partial charge in [0.1, 0.15) is 11.3 Å². The smallest absolute Gasteiger partial charge is 0.434 e. The van der Waals surface area contributed by atoms with Gasteiger partial charge in [0, 0.05) is 6.54 Å². The Morgan fingerprint density at radius 3 is 2.31 bits per heavy atom. The number of hydrogen-bond acceptors (Lipinski definition) is 5. The summed E-state index contributed by atoms with van der Waals surface area (Å²) in [6.45, 7) is 6.31. The highest BCUT2D eigenvalue weighted by molar-refractivity contribution is 5.99. The fourth-order valence-electron chi connectivity index (χ4n) is 3.32. The van der Waals surface area contributed by atoms with Gasteiger partial charge in [-0.1, -0.05) is 6.07 Å². The highest BCUT2D eigenvalue weighted by atomic mass is 19.4. The molecule has 0 radical (unpaired) electrons. The number of aromatic nitrogens is 2. The third kappa shape index (κ3) is 5.83. The Morgan fingerprint density at radius 2 is 1.75 bits per heavy atom. The van der Waals surface area contributed by atoms with Crippen LogP contribution in [0.5, 0.6) is 0 Å². The van der Waals surface area contributed by atoms with Crippen molar-refractivity contribution < 1.29 is 27.5 Å². The minimum absolute atomic E-state index is 0.0436. The molecule has 0 aliphatic heterocycles.